The molecule has 1 fully saturated rings. The molecule has 1 aliphatic rings. The average Bonchev–Trinajstić information content (AvgIpc) is 3.01. The van der Waals surface area contributed by atoms with Gasteiger partial charge in [-0.2, -0.15) is 9.97 Å². The van der Waals surface area contributed by atoms with E-state index in [0.717, 1.165) is 0 Å². The number of rotatable bonds is 3. The van der Waals surface area contributed by atoms with E-state index in [1.807, 2.05) is 0 Å². The Hall–Kier alpha value is -1.97. The van der Waals surface area contributed by atoms with Gasteiger partial charge in [0.1, 0.15) is 12.3 Å². The van der Waals surface area contributed by atoms with Crippen LogP contribution in [-0.2, 0) is 4.74 Å². The van der Waals surface area contributed by atoms with Gasteiger partial charge in [0.25, 0.3) is 0 Å². The molecule has 1 aliphatic heterocycles. The maximum atomic E-state index is 9.78. The van der Waals surface area contributed by atoms with Crippen LogP contribution in [0.2, 0.25) is 0 Å². The van der Waals surface area contributed by atoms with Crippen molar-refractivity contribution < 1.29 is 19.7 Å². The largest absolute Gasteiger partial charge is 0.467 e. The van der Waals surface area contributed by atoms with Crippen molar-refractivity contribution in [1.82, 2.24) is 19.5 Å². The number of hydrogen-bond donors (Lipinski definition) is 3. The summed E-state index contributed by atoms with van der Waals surface area (Å²) in [5, 5.41) is 18.9. The van der Waals surface area contributed by atoms with Crippen molar-refractivity contribution in [3.8, 4) is 6.01 Å². The van der Waals surface area contributed by atoms with Gasteiger partial charge >= 0.3 is 6.01 Å². The van der Waals surface area contributed by atoms with Gasteiger partial charge < -0.3 is 25.4 Å². The summed E-state index contributed by atoms with van der Waals surface area (Å²) in [6.45, 7) is -0.245. The Kier molecular flexibility index (Phi) is 3.16. The Labute approximate surface area is 114 Å². The summed E-state index contributed by atoms with van der Waals surface area (Å²) in [6, 6.07) is 0.133. The molecule has 2 aromatic heterocycles. The fourth-order valence-electron chi connectivity index (χ4n) is 2.27. The molecule has 0 saturated carbocycles. The summed E-state index contributed by atoms with van der Waals surface area (Å²) in [4.78, 5) is 12.3. The SMILES string of the molecule is COc1nc(N)c2ncn(C3C[C@H](O)C(CO)O3)c2n1. The van der Waals surface area contributed by atoms with Gasteiger partial charge in [0.05, 0.1) is 26.1 Å². The summed E-state index contributed by atoms with van der Waals surface area (Å²) in [7, 11) is 1.44. The summed E-state index contributed by atoms with van der Waals surface area (Å²) in [5.41, 5.74) is 6.69. The first kappa shape index (κ1) is 13.0. The Bertz CT molecular complexity index is 631. The minimum atomic E-state index is -0.733. The first-order chi connectivity index (χ1) is 9.63. The molecule has 0 amide bonds. The zero-order chi connectivity index (χ0) is 14.3. The minimum Gasteiger partial charge on any atom is -0.467 e. The molecule has 3 atom stereocenters. The molecule has 9 nitrogen and oxygen atoms in total. The number of aromatic nitrogens is 4. The number of nitrogen functional groups attached to an aromatic ring is 1. The maximum absolute atomic E-state index is 9.78. The summed E-state index contributed by atoms with van der Waals surface area (Å²) in [6.07, 6.45) is 0.0445. The molecule has 0 bridgehead atoms. The third kappa shape index (κ3) is 1.96. The molecule has 2 aromatic rings. The highest BCUT2D eigenvalue weighted by atomic mass is 16.5. The molecule has 3 rings (SSSR count). The fourth-order valence-corrected chi connectivity index (χ4v) is 2.27. The number of imidazole rings is 1. The van der Waals surface area contributed by atoms with Crippen molar-refractivity contribution in [3.63, 3.8) is 0 Å². The second kappa shape index (κ2) is 4.85. The Balaban J connectivity index is 2.02. The molecule has 0 aromatic carbocycles. The monoisotopic (exact) mass is 281 g/mol. The molecule has 3 heterocycles. The number of nitrogens with two attached hydrogens (primary N) is 1. The maximum Gasteiger partial charge on any atom is 0.320 e. The van der Waals surface area contributed by atoms with Crippen LogP contribution in [0.15, 0.2) is 6.33 Å². The number of methoxy groups -OCH3 is 1. The highest BCUT2D eigenvalue weighted by molar-refractivity contribution is 5.81. The van der Waals surface area contributed by atoms with Gasteiger partial charge in [-0.15, -0.1) is 0 Å². The summed E-state index contributed by atoms with van der Waals surface area (Å²) < 4.78 is 12.2. The molecule has 2 unspecified atom stereocenters. The van der Waals surface area contributed by atoms with Crippen molar-refractivity contribution in [2.45, 2.75) is 24.9 Å². The minimum absolute atomic E-state index is 0.133. The molecule has 20 heavy (non-hydrogen) atoms. The molecule has 1 saturated heterocycles. The van der Waals surface area contributed by atoms with Crippen LogP contribution in [0.5, 0.6) is 6.01 Å². The van der Waals surface area contributed by atoms with Gasteiger partial charge in [0.2, 0.25) is 0 Å². The Morgan fingerprint density at radius 3 is 3.00 bits per heavy atom. The van der Waals surface area contributed by atoms with Gasteiger partial charge in [0.15, 0.2) is 17.0 Å². The van der Waals surface area contributed by atoms with Crippen LogP contribution in [0.4, 0.5) is 5.82 Å². The van der Waals surface area contributed by atoms with Gasteiger partial charge in [-0.3, -0.25) is 4.57 Å². The van der Waals surface area contributed by atoms with Gasteiger partial charge in [-0.25, -0.2) is 4.98 Å². The van der Waals surface area contributed by atoms with Gasteiger partial charge in [-0.05, 0) is 0 Å². The van der Waals surface area contributed by atoms with Crippen LogP contribution in [-0.4, -0.2) is 55.7 Å². The summed E-state index contributed by atoms with van der Waals surface area (Å²) >= 11 is 0. The van der Waals surface area contributed by atoms with Crippen LogP contribution < -0.4 is 10.5 Å². The number of aliphatic hydroxyl groups excluding tert-OH is 2. The predicted molar refractivity (Wildman–Crippen MR) is 67.9 cm³/mol. The smallest absolute Gasteiger partial charge is 0.320 e. The van der Waals surface area contributed by atoms with E-state index in [-0.39, 0.29) is 18.4 Å². The van der Waals surface area contributed by atoms with Crippen molar-refractivity contribution in [3.05, 3.63) is 6.33 Å². The first-order valence-electron chi connectivity index (χ1n) is 6.12. The van der Waals surface area contributed by atoms with Gasteiger partial charge in [-0.1, -0.05) is 0 Å². The van der Waals surface area contributed by atoms with Crippen LogP contribution in [0.3, 0.4) is 0 Å². The van der Waals surface area contributed by atoms with E-state index in [1.165, 1.54) is 13.4 Å². The van der Waals surface area contributed by atoms with E-state index in [1.54, 1.807) is 4.57 Å². The quantitative estimate of drug-likeness (QED) is 0.657. The molecular formula is C11H15N5O4. The van der Waals surface area contributed by atoms with Crippen LogP contribution in [0.25, 0.3) is 11.2 Å². The molecule has 108 valence electrons. The highest BCUT2D eigenvalue weighted by Gasteiger charge is 2.35. The van der Waals surface area contributed by atoms with Crippen molar-refractivity contribution in [1.29, 1.82) is 0 Å². The van der Waals surface area contributed by atoms with Crippen LogP contribution in [0.1, 0.15) is 12.6 Å². The molecule has 0 spiro atoms. The van der Waals surface area contributed by atoms with E-state index in [9.17, 15) is 5.11 Å². The van der Waals surface area contributed by atoms with Crippen molar-refractivity contribution in [2.75, 3.05) is 19.5 Å². The number of hydrogen-bond acceptors (Lipinski definition) is 8. The molecule has 9 heteroatoms. The third-order valence-electron chi connectivity index (χ3n) is 3.30. The standard InChI is InChI=1S/C11H15N5O4/c1-19-11-14-9(12)8-10(15-11)16(4-13-8)7-2-5(18)6(3-17)20-7/h4-7,17-18H,2-3H2,1H3,(H2,12,14,15)/t5-,6?,7?/m0/s1. The second-order valence-electron chi connectivity index (χ2n) is 4.53. The third-order valence-corrected chi connectivity index (χ3v) is 3.30. The fraction of sp³-hybridized carbons (Fsp3) is 0.545. The van der Waals surface area contributed by atoms with Crippen LogP contribution >= 0.6 is 0 Å². The molecule has 0 aliphatic carbocycles. The number of fused-ring (bicyclic) bond motifs is 1. The van der Waals surface area contributed by atoms with E-state index < -0.39 is 18.4 Å². The molecular weight excluding hydrogens is 266 g/mol. The number of aliphatic hydroxyl groups is 2. The lowest BCUT2D eigenvalue weighted by Gasteiger charge is -2.13. The van der Waals surface area contributed by atoms with Crippen LogP contribution in [0, 0.1) is 0 Å². The zero-order valence-corrected chi connectivity index (χ0v) is 10.8. The van der Waals surface area contributed by atoms with Crippen molar-refractivity contribution in [2.24, 2.45) is 0 Å². The lowest BCUT2D eigenvalue weighted by atomic mass is 10.2. The van der Waals surface area contributed by atoms with E-state index in [4.69, 9.17) is 20.3 Å². The van der Waals surface area contributed by atoms with Crippen molar-refractivity contribution >= 4 is 17.0 Å². The summed E-state index contributed by atoms with van der Waals surface area (Å²) in [5.74, 6) is 0.211. The van der Waals surface area contributed by atoms with E-state index in [0.29, 0.717) is 17.6 Å². The molecule has 4 N–H and O–H groups in total. The zero-order valence-electron chi connectivity index (χ0n) is 10.8. The Morgan fingerprint density at radius 2 is 2.35 bits per heavy atom. The van der Waals surface area contributed by atoms with Gasteiger partial charge in [0, 0.05) is 6.42 Å². The topological polar surface area (TPSA) is 129 Å². The number of nitrogens with zero attached hydrogens (tertiary/aromatic N) is 4. The lowest BCUT2D eigenvalue weighted by Crippen LogP contribution is -2.24. The van der Waals surface area contributed by atoms with E-state index in [2.05, 4.69) is 15.0 Å². The average molecular weight is 281 g/mol. The Morgan fingerprint density at radius 1 is 1.55 bits per heavy atom. The number of anilines is 1. The van der Waals surface area contributed by atoms with E-state index >= 15 is 0 Å². The predicted octanol–water partition coefficient (Wildman–Crippen LogP) is -0.942. The first-order valence-corrected chi connectivity index (χ1v) is 6.12. The highest BCUT2D eigenvalue weighted by Crippen LogP contribution is 2.31. The number of ether oxygens (including phenoxy) is 2. The normalized spacial score (nSPS) is 26.2. The lowest BCUT2D eigenvalue weighted by molar-refractivity contribution is -0.0432. The second-order valence-corrected chi connectivity index (χ2v) is 4.53. The molecule has 0 radical (unpaired) electrons.